The van der Waals surface area contributed by atoms with Crippen LogP contribution in [0.15, 0.2) is 60.8 Å². The van der Waals surface area contributed by atoms with E-state index in [0.29, 0.717) is 23.9 Å². The predicted molar refractivity (Wildman–Crippen MR) is 292 cm³/mol. The topological polar surface area (TPSA) is 111 Å². The maximum absolute atomic E-state index is 12.9. The molecule has 0 spiro atoms. The van der Waals surface area contributed by atoms with Crippen molar-refractivity contribution in [3.05, 3.63) is 60.8 Å². The summed E-state index contributed by atoms with van der Waals surface area (Å²) in [6, 6.07) is 0. The zero-order chi connectivity index (χ0) is 51.3. The molecule has 0 aliphatic carbocycles. The van der Waals surface area contributed by atoms with Crippen molar-refractivity contribution in [2.24, 2.45) is 0 Å². The Kier molecular flexibility index (Phi) is 50.1. The number of carboxylic acid groups (broad SMARTS) is 1. The van der Waals surface area contributed by atoms with Gasteiger partial charge >= 0.3 is 11.9 Å². The fraction of sp³-hybridized carbons (Fsp3) is 0.787. The highest BCUT2D eigenvalue weighted by Gasteiger charge is 2.22. The number of hydrogen-bond acceptors (Lipinski definition) is 8. The molecule has 0 amide bonds. The average molecular weight is 985 g/mol. The fourth-order valence-electron chi connectivity index (χ4n) is 8.09. The summed E-state index contributed by atoms with van der Waals surface area (Å²) in [4.78, 5) is 37.3. The van der Waals surface area contributed by atoms with Crippen LogP contribution in [0.25, 0.3) is 0 Å². The molecule has 9 heteroatoms. The Bertz CT molecular complexity index is 1330. The SMILES string of the molecule is CC/C=C\C/C=C\C/C=C\C/C=C\C/C=C\CCCCCCCCCC(=O)OC(COC(=O)CCCCCCCCCCCCCCCCCCCCCCCC)COC(OCC[N+](C)(C)C)C(=O)[O-]. The van der Waals surface area contributed by atoms with Crippen LogP contribution in [0.4, 0.5) is 0 Å². The van der Waals surface area contributed by atoms with Crippen LogP contribution in [0.5, 0.6) is 0 Å². The van der Waals surface area contributed by atoms with Gasteiger partial charge in [-0.15, -0.1) is 0 Å². The van der Waals surface area contributed by atoms with Gasteiger partial charge in [0.2, 0.25) is 0 Å². The molecule has 9 nitrogen and oxygen atoms in total. The number of ether oxygens (including phenoxy) is 4. The largest absolute Gasteiger partial charge is 0.545 e. The van der Waals surface area contributed by atoms with Gasteiger partial charge in [0.1, 0.15) is 13.2 Å². The molecule has 0 radical (unpaired) electrons. The van der Waals surface area contributed by atoms with Gasteiger partial charge in [-0.25, -0.2) is 0 Å². The van der Waals surface area contributed by atoms with E-state index in [9.17, 15) is 19.5 Å². The fourth-order valence-corrected chi connectivity index (χ4v) is 8.09. The second kappa shape index (κ2) is 52.3. The Labute approximate surface area is 431 Å². The molecule has 2 atom stereocenters. The number of carbonyl (C=O) groups excluding carboxylic acids is 3. The number of nitrogens with zero attached hydrogens (tertiary/aromatic N) is 1. The van der Waals surface area contributed by atoms with Crippen LogP contribution < -0.4 is 5.11 Å². The molecule has 0 aromatic carbocycles. The lowest BCUT2D eigenvalue weighted by atomic mass is 10.0. The highest BCUT2D eigenvalue weighted by Crippen LogP contribution is 2.17. The first kappa shape index (κ1) is 67.0. The summed E-state index contributed by atoms with van der Waals surface area (Å²) in [5.74, 6) is -2.29. The molecule has 0 heterocycles. The van der Waals surface area contributed by atoms with E-state index in [1.807, 2.05) is 21.1 Å². The second-order valence-electron chi connectivity index (χ2n) is 20.6. The van der Waals surface area contributed by atoms with E-state index in [0.717, 1.165) is 77.0 Å². The van der Waals surface area contributed by atoms with E-state index in [1.54, 1.807) is 0 Å². The molecule has 70 heavy (non-hydrogen) atoms. The van der Waals surface area contributed by atoms with E-state index in [2.05, 4.69) is 74.6 Å². The molecular formula is C61H109NO8. The molecule has 0 N–H and O–H groups in total. The van der Waals surface area contributed by atoms with Crippen LogP contribution in [-0.2, 0) is 33.3 Å². The van der Waals surface area contributed by atoms with Gasteiger partial charge in [-0.05, 0) is 57.8 Å². The third-order valence-electron chi connectivity index (χ3n) is 12.5. The third-order valence-corrected chi connectivity index (χ3v) is 12.5. The van der Waals surface area contributed by atoms with Gasteiger partial charge in [-0.3, -0.25) is 9.59 Å². The zero-order valence-corrected chi connectivity index (χ0v) is 46.1. The van der Waals surface area contributed by atoms with Gasteiger partial charge in [0.05, 0.1) is 40.3 Å². The van der Waals surface area contributed by atoms with Crippen LogP contribution in [0.3, 0.4) is 0 Å². The highest BCUT2D eigenvalue weighted by atomic mass is 16.7. The van der Waals surface area contributed by atoms with Crippen molar-refractivity contribution >= 4 is 17.9 Å². The molecular weight excluding hydrogens is 875 g/mol. The Hall–Kier alpha value is -3.01. The first-order valence-electron chi connectivity index (χ1n) is 28.9. The van der Waals surface area contributed by atoms with Crippen LogP contribution >= 0.6 is 0 Å². The van der Waals surface area contributed by atoms with Gasteiger partial charge in [0, 0.05) is 12.8 Å². The van der Waals surface area contributed by atoms with E-state index in [1.165, 1.54) is 141 Å². The quantitative estimate of drug-likeness (QED) is 0.0195. The summed E-state index contributed by atoms with van der Waals surface area (Å²) in [7, 11) is 5.92. The van der Waals surface area contributed by atoms with Crippen molar-refractivity contribution < 1.29 is 42.9 Å². The third kappa shape index (κ3) is 52.8. The molecule has 406 valence electrons. The number of quaternary nitrogens is 1. The van der Waals surface area contributed by atoms with E-state index in [4.69, 9.17) is 18.9 Å². The van der Waals surface area contributed by atoms with Crippen LogP contribution in [0.1, 0.15) is 251 Å². The molecule has 0 bridgehead atoms. The van der Waals surface area contributed by atoms with Crippen LogP contribution in [0, 0.1) is 0 Å². The van der Waals surface area contributed by atoms with Crippen LogP contribution in [0.2, 0.25) is 0 Å². The number of unbranched alkanes of at least 4 members (excludes halogenated alkanes) is 28. The lowest BCUT2D eigenvalue weighted by Gasteiger charge is -2.26. The Morgan fingerprint density at radius 3 is 1.21 bits per heavy atom. The predicted octanol–water partition coefficient (Wildman–Crippen LogP) is 15.5. The lowest BCUT2D eigenvalue weighted by Crippen LogP contribution is -2.44. The number of allylic oxidation sites excluding steroid dienone is 10. The maximum Gasteiger partial charge on any atom is 0.306 e. The van der Waals surface area contributed by atoms with Crippen molar-refractivity contribution in [2.45, 2.75) is 264 Å². The van der Waals surface area contributed by atoms with Crippen molar-refractivity contribution in [3.8, 4) is 0 Å². The van der Waals surface area contributed by atoms with Crippen LogP contribution in [-0.4, -0.2) is 82.3 Å². The molecule has 0 rings (SSSR count). The number of aliphatic carboxylic acids is 1. The van der Waals surface area contributed by atoms with Gasteiger partial charge in [-0.2, -0.15) is 0 Å². The minimum absolute atomic E-state index is 0.144. The Balaban J connectivity index is 4.27. The lowest BCUT2D eigenvalue weighted by molar-refractivity contribution is -0.870. The number of carboxylic acids is 1. The molecule has 2 unspecified atom stereocenters. The number of esters is 2. The van der Waals surface area contributed by atoms with Crippen molar-refractivity contribution in [3.63, 3.8) is 0 Å². The van der Waals surface area contributed by atoms with Gasteiger partial charge in [0.15, 0.2) is 12.4 Å². The minimum Gasteiger partial charge on any atom is -0.545 e. The average Bonchev–Trinajstić information content (AvgIpc) is 3.33. The molecule has 0 fully saturated rings. The highest BCUT2D eigenvalue weighted by molar-refractivity contribution is 5.70. The van der Waals surface area contributed by atoms with E-state index >= 15 is 0 Å². The summed E-state index contributed by atoms with van der Waals surface area (Å²) in [6.45, 7) is 4.65. The first-order valence-corrected chi connectivity index (χ1v) is 28.9. The van der Waals surface area contributed by atoms with Crippen molar-refractivity contribution in [2.75, 3.05) is 47.5 Å². The number of hydrogen-bond donors (Lipinski definition) is 0. The summed E-state index contributed by atoms with van der Waals surface area (Å²) in [6.07, 6.45) is 62.6. The monoisotopic (exact) mass is 984 g/mol. The zero-order valence-electron chi connectivity index (χ0n) is 46.1. The molecule has 0 aromatic rings. The van der Waals surface area contributed by atoms with E-state index in [-0.39, 0.29) is 32.2 Å². The number of rotatable bonds is 53. The van der Waals surface area contributed by atoms with Gasteiger partial charge in [0.25, 0.3) is 0 Å². The van der Waals surface area contributed by atoms with E-state index < -0.39 is 24.3 Å². The molecule has 0 saturated carbocycles. The number of likely N-dealkylation sites (N-methyl/N-ethyl adjacent to an activating group) is 1. The van der Waals surface area contributed by atoms with Gasteiger partial charge < -0.3 is 33.3 Å². The molecule has 0 aliphatic heterocycles. The standard InChI is InChI=1S/C61H109NO8/c1-6-8-10-12-14-16-18-20-22-24-26-28-30-32-34-36-38-40-42-44-46-48-50-52-59(64)70-57(56-69-61(60(65)66)67-54-53-62(3,4)5)55-68-58(63)51-49-47-45-43-41-39-37-35-33-31-29-27-25-23-21-19-17-15-13-11-9-7-2/h8,10,14,16,20,22,26,28,32,34,57,61H,6-7,9,11-13,15,17-19,21,23-25,27,29-31,33,35-56H2,1-5H3/b10-8-,16-14-,22-20-,28-26-,34-32-. The maximum atomic E-state index is 12.9. The second-order valence-corrected chi connectivity index (χ2v) is 20.6. The summed E-state index contributed by atoms with van der Waals surface area (Å²) < 4.78 is 22.7. The molecule has 0 saturated heterocycles. The summed E-state index contributed by atoms with van der Waals surface area (Å²) >= 11 is 0. The smallest absolute Gasteiger partial charge is 0.306 e. The minimum atomic E-state index is -1.63. The molecule has 0 aliphatic rings. The summed E-state index contributed by atoms with van der Waals surface area (Å²) in [5.41, 5.74) is 0. The molecule has 0 aromatic heterocycles. The Morgan fingerprint density at radius 1 is 0.443 bits per heavy atom. The van der Waals surface area contributed by atoms with Gasteiger partial charge in [-0.1, -0.05) is 242 Å². The van der Waals surface area contributed by atoms with Crippen molar-refractivity contribution in [1.29, 1.82) is 0 Å². The normalized spacial score (nSPS) is 13.2. The first-order chi connectivity index (χ1) is 34.1. The van der Waals surface area contributed by atoms with Crippen molar-refractivity contribution in [1.82, 2.24) is 0 Å². The summed E-state index contributed by atoms with van der Waals surface area (Å²) in [5, 5.41) is 11.8. The Morgan fingerprint density at radius 2 is 0.814 bits per heavy atom. The number of carbonyl (C=O) groups is 3.